The van der Waals surface area contributed by atoms with Gasteiger partial charge in [-0.1, -0.05) is 13.8 Å². The molecule has 132 valence electrons. The first-order valence-corrected chi connectivity index (χ1v) is 9.87. The first-order valence-electron chi connectivity index (χ1n) is 9.87. The van der Waals surface area contributed by atoms with E-state index in [1.54, 1.807) is 0 Å². The van der Waals surface area contributed by atoms with E-state index in [1.165, 1.54) is 25.7 Å². The number of hydrogen-bond donors (Lipinski definition) is 3. The fourth-order valence-corrected chi connectivity index (χ4v) is 7.68. The number of fused-ring (bicyclic) bond motifs is 5. The summed E-state index contributed by atoms with van der Waals surface area (Å²) in [6.07, 6.45) is 8.59. The third-order valence-corrected chi connectivity index (χ3v) is 9.08. The molecule has 4 rings (SSSR count). The predicted molar refractivity (Wildman–Crippen MR) is 89.7 cm³/mol. The Kier molecular flexibility index (Phi) is 3.87. The molecule has 3 heteroatoms. The van der Waals surface area contributed by atoms with E-state index >= 15 is 0 Å². The smallest absolute Gasteiger partial charge is 0.0598 e. The largest absolute Gasteiger partial charge is 0.396 e. The van der Waals surface area contributed by atoms with E-state index < -0.39 is 0 Å². The summed E-state index contributed by atoms with van der Waals surface area (Å²) in [4.78, 5) is 0. The third-order valence-electron chi connectivity index (χ3n) is 9.08. The Labute approximate surface area is 140 Å². The Bertz CT molecular complexity index is 466. The number of aliphatic hydroxyl groups is 3. The van der Waals surface area contributed by atoms with Crippen molar-refractivity contribution in [2.45, 2.75) is 77.4 Å². The van der Waals surface area contributed by atoms with Crippen LogP contribution in [0.25, 0.3) is 0 Å². The van der Waals surface area contributed by atoms with Crippen molar-refractivity contribution < 1.29 is 15.3 Å². The second kappa shape index (κ2) is 5.44. The molecule has 3 nitrogen and oxygen atoms in total. The van der Waals surface area contributed by atoms with Crippen LogP contribution in [0.5, 0.6) is 0 Å². The van der Waals surface area contributed by atoms with E-state index in [0.717, 1.165) is 37.5 Å². The van der Waals surface area contributed by atoms with Gasteiger partial charge in [0.2, 0.25) is 0 Å². The lowest BCUT2D eigenvalue weighted by Gasteiger charge is -2.60. The van der Waals surface area contributed by atoms with Gasteiger partial charge >= 0.3 is 0 Å². The summed E-state index contributed by atoms with van der Waals surface area (Å²) < 4.78 is 0. The van der Waals surface area contributed by atoms with Crippen molar-refractivity contribution in [2.75, 3.05) is 6.61 Å². The van der Waals surface area contributed by atoms with E-state index in [9.17, 15) is 15.3 Å². The molecule has 4 unspecified atom stereocenters. The van der Waals surface area contributed by atoms with Crippen LogP contribution in [-0.4, -0.2) is 34.1 Å². The Morgan fingerprint density at radius 3 is 2.35 bits per heavy atom. The van der Waals surface area contributed by atoms with E-state index in [1.807, 2.05) is 0 Å². The molecule has 0 radical (unpaired) electrons. The minimum absolute atomic E-state index is 0.0761. The Morgan fingerprint density at radius 1 is 0.870 bits per heavy atom. The van der Waals surface area contributed by atoms with Gasteiger partial charge in [-0.2, -0.15) is 0 Å². The molecule has 0 bridgehead atoms. The van der Waals surface area contributed by atoms with Crippen molar-refractivity contribution >= 4 is 0 Å². The first kappa shape index (κ1) is 16.4. The summed E-state index contributed by atoms with van der Waals surface area (Å²) in [7, 11) is 0. The second-order valence-corrected chi connectivity index (χ2v) is 9.72. The maximum absolute atomic E-state index is 10.5. The van der Waals surface area contributed by atoms with Crippen LogP contribution < -0.4 is 0 Å². The molecule has 23 heavy (non-hydrogen) atoms. The number of rotatable bonds is 1. The molecule has 0 aromatic rings. The summed E-state index contributed by atoms with van der Waals surface area (Å²) >= 11 is 0. The van der Waals surface area contributed by atoms with Crippen LogP contribution in [0.2, 0.25) is 0 Å². The summed E-state index contributed by atoms with van der Waals surface area (Å²) in [5, 5.41) is 30.4. The highest BCUT2D eigenvalue weighted by molar-refractivity contribution is 5.10. The van der Waals surface area contributed by atoms with Crippen LogP contribution in [-0.2, 0) is 0 Å². The van der Waals surface area contributed by atoms with E-state index in [-0.39, 0.29) is 30.1 Å². The first-order chi connectivity index (χ1) is 10.9. The van der Waals surface area contributed by atoms with Crippen molar-refractivity contribution in [3.63, 3.8) is 0 Å². The third kappa shape index (κ3) is 2.19. The molecule has 3 N–H and O–H groups in total. The highest BCUT2D eigenvalue weighted by Gasteiger charge is 2.61. The summed E-state index contributed by atoms with van der Waals surface area (Å²) in [6, 6.07) is 0. The zero-order valence-corrected chi connectivity index (χ0v) is 14.7. The van der Waals surface area contributed by atoms with Crippen molar-refractivity contribution in [3.05, 3.63) is 0 Å². The Morgan fingerprint density at radius 2 is 1.61 bits per heavy atom. The minimum Gasteiger partial charge on any atom is -0.396 e. The monoisotopic (exact) mass is 322 g/mol. The lowest BCUT2D eigenvalue weighted by molar-refractivity contribution is -0.129. The van der Waals surface area contributed by atoms with E-state index in [4.69, 9.17) is 0 Å². The van der Waals surface area contributed by atoms with Gasteiger partial charge in [0, 0.05) is 12.5 Å². The van der Waals surface area contributed by atoms with Crippen molar-refractivity contribution in [1.29, 1.82) is 0 Å². The molecule has 0 aromatic heterocycles. The van der Waals surface area contributed by atoms with Crippen LogP contribution in [0.4, 0.5) is 0 Å². The maximum atomic E-state index is 10.5. The SMILES string of the molecule is C[C@]12CCC3C(CC[C@@H]4C[C@@H](O)CC[C@]34C)C1C[C@@H](O)C2CO. The molecule has 0 aliphatic heterocycles. The second-order valence-electron chi connectivity index (χ2n) is 9.72. The number of hydrogen-bond acceptors (Lipinski definition) is 3. The molecule has 9 atom stereocenters. The molecular formula is C20H34O3. The molecule has 4 aliphatic rings. The molecule has 4 fully saturated rings. The van der Waals surface area contributed by atoms with Crippen LogP contribution in [0.1, 0.15) is 65.2 Å². The molecule has 4 aliphatic carbocycles. The van der Waals surface area contributed by atoms with Crippen molar-refractivity contribution in [1.82, 2.24) is 0 Å². The molecule has 0 amide bonds. The van der Waals surface area contributed by atoms with Crippen LogP contribution in [0.15, 0.2) is 0 Å². The summed E-state index contributed by atoms with van der Waals surface area (Å²) in [5.41, 5.74) is 0.526. The van der Waals surface area contributed by atoms with Gasteiger partial charge in [-0.3, -0.25) is 0 Å². The van der Waals surface area contributed by atoms with E-state index in [2.05, 4.69) is 13.8 Å². The van der Waals surface area contributed by atoms with Gasteiger partial charge in [0.1, 0.15) is 0 Å². The van der Waals surface area contributed by atoms with Crippen LogP contribution in [0, 0.1) is 40.4 Å². The average Bonchev–Trinajstić information content (AvgIpc) is 2.77. The molecule has 0 heterocycles. The summed E-state index contributed by atoms with van der Waals surface area (Å²) in [6.45, 7) is 4.97. The van der Waals surface area contributed by atoms with E-state index in [0.29, 0.717) is 17.3 Å². The standard InChI is InChI=1S/C20H34O3/c1-19-7-5-13(22)9-12(19)3-4-14-15(19)6-8-20(2)16(14)10-18(23)17(20)11-21/h12-18,21-23H,3-11H2,1-2H3/t12-,13+,14?,15?,16?,17?,18-,19+,20+/m1/s1. The van der Waals surface area contributed by atoms with Gasteiger partial charge in [-0.15, -0.1) is 0 Å². The minimum atomic E-state index is -0.313. The lowest BCUT2D eigenvalue weighted by Crippen LogP contribution is -2.54. The van der Waals surface area contributed by atoms with Gasteiger partial charge in [-0.05, 0) is 85.9 Å². The topological polar surface area (TPSA) is 60.7 Å². The highest BCUT2D eigenvalue weighted by atomic mass is 16.3. The van der Waals surface area contributed by atoms with Crippen molar-refractivity contribution in [2.24, 2.45) is 40.4 Å². The normalized spacial score (nSPS) is 59.1. The molecule has 0 saturated heterocycles. The van der Waals surface area contributed by atoms with Gasteiger partial charge in [-0.25, -0.2) is 0 Å². The maximum Gasteiger partial charge on any atom is 0.0598 e. The lowest BCUT2D eigenvalue weighted by atomic mass is 9.44. The van der Waals surface area contributed by atoms with Gasteiger partial charge in [0.25, 0.3) is 0 Å². The molecule has 0 aromatic carbocycles. The molecular weight excluding hydrogens is 288 g/mol. The highest BCUT2D eigenvalue weighted by Crippen LogP contribution is 2.67. The average molecular weight is 322 g/mol. The zero-order chi connectivity index (χ0) is 16.4. The number of aliphatic hydroxyl groups excluding tert-OH is 3. The Balaban J connectivity index is 1.62. The summed E-state index contributed by atoms with van der Waals surface area (Å²) in [5.74, 6) is 2.83. The van der Waals surface area contributed by atoms with Gasteiger partial charge in [0.15, 0.2) is 0 Å². The molecule has 4 saturated carbocycles. The van der Waals surface area contributed by atoms with Crippen LogP contribution >= 0.6 is 0 Å². The zero-order valence-electron chi connectivity index (χ0n) is 14.7. The fraction of sp³-hybridized carbons (Fsp3) is 1.00. The van der Waals surface area contributed by atoms with Gasteiger partial charge in [0.05, 0.1) is 12.2 Å². The Hall–Kier alpha value is -0.120. The fourth-order valence-electron chi connectivity index (χ4n) is 7.68. The van der Waals surface area contributed by atoms with Crippen molar-refractivity contribution in [3.8, 4) is 0 Å². The molecule has 0 spiro atoms. The van der Waals surface area contributed by atoms with Crippen LogP contribution in [0.3, 0.4) is 0 Å². The predicted octanol–water partition coefficient (Wildman–Crippen LogP) is 2.97. The quantitative estimate of drug-likeness (QED) is 0.695. The van der Waals surface area contributed by atoms with Gasteiger partial charge < -0.3 is 15.3 Å².